The van der Waals surface area contributed by atoms with E-state index >= 15 is 0 Å². The number of carboxylic acid groups (broad SMARTS) is 1. The van der Waals surface area contributed by atoms with Gasteiger partial charge in [0.15, 0.2) is 5.13 Å². The third-order valence-corrected chi connectivity index (χ3v) is 4.64. The molecule has 0 aliphatic heterocycles. The lowest BCUT2D eigenvalue weighted by atomic mass is 10.4. The summed E-state index contributed by atoms with van der Waals surface area (Å²) in [5.74, 6) is -1.16. The number of hydrogen-bond donors (Lipinski definition) is 2. The molecule has 2 aromatic rings. The van der Waals surface area contributed by atoms with Crippen molar-refractivity contribution >= 4 is 32.5 Å². The lowest BCUT2D eigenvalue weighted by Crippen LogP contribution is -2.12. The Balaban J connectivity index is 2.36. The molecule has 0 amide bonds. The highest BCUT2D eigenvalue weighted by Crippen LogP contribution is 2.20. The molecule has 9 heteroatoms. The highest BCUT2D eigenvalue weighted by atomic mass is 32.2. The second-order valence-electron chi connectivity index (χ2n) is 4.00. The molecule has 108 valence electrons. The van der Waals surface area contributed by atoms with E-state index < -0.39 is 16.0 Å². The fraction of sp³-hybridized carbons (Fsp3) is 0.273. The monoisotopic (exact) mass is 315 g/mol. The van der Waals surface area contributed by atoms with Gasteiger partial charge in [0, 0.05) is 24.3 Å². The number of nitrogens with one attached hydrogen (secondary N) is 1. The number of carboxylic acids is 1. The SMILES string of the molecule is CCCn1cc(S(=O)(=O)Nc2nccs2)cc1C(=O)O. The molecule has 0 atom stereocenters. The quantitative estimate of drug-likeness (QED) is 0.847. The van der Waals surface area contributed by atoms with Crippen molar-refractivity contribution in [3.63, 3.8) is 0 Å². The first kappa shape index (κ1) is 14.5. The van der Waals surface area contributed by atoms with Crippen molar-refractivity contribution < 1.29 is 18.3 Å². The average molecular weight is 315 g/mol. The van der Waals surface area contributed by atoms with Crippen LogP contribution in [0, 0.1) is 0 Å². The molecule has 2 aromatic heterocycles. The lowest BCUT2D eigenvalue weighted by Gasteiger charge is -2.03. The van der Waals surface area contributed by atoms with Crippen molar-refractivity contribution in [1.29, 1.82) is 0 Å². The zero-order valence-electron chi connectivity index (χ0n) is 10.6. The van der Waals surface area contributed by atoms with Crippen molar-refractivity contribution in [2.45, 2.75) is 24.8 Å². The number of aromatic nitrogens is 2. The molecule has 0 saturated carbocycles. The van der Waals surface area contributed by atoms with Gasteiger partial charge in [-0.1, -0.05) is 6.92 Å². The van der Waals surface area contributed by atoms with E-state index in [4.69, 9.17) is 5.11 Å². The minimum Gasteiger partial charge on any atom is -0.477 e. The number of rotatable bonds is 6. The molecular formula is C11H13N3O4S2. The van der Waals surface area contributed by atoms with Gasteiger partial charge >= 0.3 is 5.97 Å². The Morgan fingerprint density at radius 1 is 1.55 bits per heavy atom. The van der Waals surface area contributed by atoms with Crippen molar-refractivity contribution in [1.82, 2.24) is 9.55 Å². The summed E-state index contributed by atoms with van der Waals surface area (Å²) >= 11 is 1.15. The van der Waals surface area contributed by atoms with Crippen LogP contribution in [-0.2, 0) is 16.6 Å². The number of sulfonamides is 1. The summed E-state index contributed by atoms with van der Waals surface area (Å²) in [6.45, 7) is 2.32. The molecule has 0 aromatic carbocycles. The first-order chi connectivity index (χ1) is 9.44. The third kappa shape index (κ3) is 2.99. The minimum atomic E-state index is -3.82. The number of anilines is 1. The molecule has 0 radical (unpaired) electrons. The minimum absolute atomic E-state index is 0.0497. The number of aryl methyl sites for hydroxylation is 1. The van der Waals surface area contributed by atoms with E-state index in [1.54, 1.807) is 5.38 Å². The summed E-state index contributed by atoms with van der Waals surface area (Å²) in [5, 5.41) is 11.0. The first-order valence-corrected chi connectivity index (χ1v) is 8.16. The summed E-state index contributed by atoms with van der Waals surface area (Å²) in [6.07, 6.45) is 3.50. The van der Waals surface area contributed by atoms with E-state index in [1.165, 1.54) is 17.0 Å². The fourth-order valence-corrected chi connectivity index (χ4v) is 3.51. The van der Waals surface area contributed by atoms with Gasteiger partial charge in [-0.3, -0.25) is 4.72 Å². The van der Waals surface area contributed by atoms with Gasteiger partial charge in [-0.15, -0.1) is 11.3 Å². The Labute approximate surface area is 119 Å². The second-order valence-corrected chi connectivity index (χ2v) is 6.58. The number of hydrogen-bond acceptors (Lipinski definition) is 5. The second kappa shape index (κ2) is 5.63. The van der Waals surface area contributed by atoms with Crippen molar-refractivity contribution in [3.8, 4) is 0 Å². The van der Waals surface area contributed by atoms with Crippen LogP contribution >= 0.6 is 11.3 Å². The summed E-state index contributed by atoms with van der Waals surface area (Å²) in [5.41, 5.74) is -0.0497. The molecule has 20 heavy (non-hydrogen) atoms. The number of aromatic carboxylic acids is 1. The van der Waals surface area contributed by atoms with Crippen LogP contribution in [0.3, 0.4) is 0 Å². The predicted molar refractivity (Wildman–Crippen MR) is 74.6 cm³/mol. The average Bonchev–Trinajstić information content (AvgIpc) is 2.98. The highest BCUT2D eigenvalue weighted by Gasteiger charge is 2.21. The molecule has 0 unspecified atom stereocenters. The molecular weight excluding hydrogens is 302 g/mol. The number of nitrogens with zero attached hydrogens (tertiary/aromatic N) is 2. The Bertz CT molecular complexity index is 704. The van der Waals surface area contributed by atoms with Gasteiger partial charge in [0.1, 0.15) is 10.6 Å². The standard InChI is InChI=1S/C11H13N3O4S2/c1-2-4-14-7-8(6-9(14)10(15)16)20(17,18)13-11-12-3-5-19-11/h3,5-7H,2,4H2,1H3,(H,12,13)(H,15,16). The van der Waals surface area contributed by atoms with Crippen LogP contribution in [0.25, 0.3) is 0 Å². The highest BCUT2D eigenvalue weighted by molar-refractivity contribution is 7.93. The van der Waals surface area contributed by atoms with Crippen LogP contribution in [-0.4, -0.2) is 29.0 Å². The van der Waals surface area contributed by atoms with Crippen molar-refractivity contribution in [2.24, 2.45) is 0 Å². The van der Waals surface area contributed by atoms with E-state index in [0.29, 0.717) is 13.0 Å². The fourth-order valence-electron chi connectivity index (χ4n) is 1.68. The van der Waals surface area contributed by atoms with E-state index in [-0.39, 0.29) is 15.7 Å². The van der Waals surface area contributed by atoms with Gasteiger partial charge < -0.3 is 9.67 Å². The molecule has 7 nitrogen and oxygen atoms in total. The number of carbonyl (C=O) groups is 1. The van der Waals surface area contributed by atoms with Gasteiger partial charge in [-0.2, -0.15) is 0 Å². The maximum Gasteiger partial charge on any atom is 0.352 e. The largest absolute Gasteiger partial charge is 0.477 e. The van der Waals surface area contributed by atoms with E-state index in [0.717, 1.165) is 17.4 Å². The van der Waals surface area contributed by atoms with Crippen LogP contribution in [0.1, 0.15) is 23.8 Å². The summed E-state index contributed by atoms with van der Waals surface area (Å²) in [4.78, 5) is 14.9. The summed E-state index contributed by atoms with van der Waals surface area (Å²) in [7, 11) is -3.82. The Morgan fingerprint density at radius 2 is 2.30 bits per heavy atom. The Morgan fingerprint density at radius 3 is 2.85 bits per heavy atom. The Hall–Kier alpha value is -1.87. The van der Waals surface area contributed by atoms with E-state index in [9.17, 15) is 13.2 Å². The summed E-state index contributed by atoms with van der Waals surface area (Å²) in [6, 6.07) is 1.15. The van der Waals surface area contributed by atoms with Crippen LogP contribution in [0.2, 0.25) is 0 Å². The van der Waals surface area contributed by atoms with Gasteiger partial charge in [-0.25, -0.2) is 18.2 Å². The van der Waals surface area contributed by atoms with Crippen molar-refractivity contribution in [3.05, 3.63) is 29.5 Å². The molecule has 2 rings (SSSR count). The smallest absolute Gasteiger partial charge is 0.352 e. The maximum atomic E-state index is 12.1. The normalized spacial score (nSPS) is 11.4. The van der Waals surface area contributed by atoms with Crippen LogP contribution < -0.4 is 4.72 Å². The predicted octanol–water partition coefficient (Wildman–Crippen LogP) is 1.85. The Kier molecular flexibility index (Phi) is 4.09. The molecule has 0 aliphatic rings. The molecule has 0 saturated heterocycles. The zero-order chi connectivity index (χ0) is 14.8. The molecule has 2 heterocycles. The lowest BCUT2D eigenvalue weighted by molar-refractivity contribution is 0.0685. The van der Waals surface area contributed by atoms with Gasteiger partial charge in [0.05, 0.1) is 0 Å². The van der Waals surface area contributed by atoms with Crippen molar-refractivity contribution in [2.75, 3.05) is 4.72 Å². The first-order valence-electron chi connectivity index (χ1n) is 5.80. The topological polar surface area (TPSA) is 101 Å². The zero-order valence-corrected chi connectivity index (χ0v) is 12.2. The molecule has 0 spiro atoms. The van der Waals surface area contributed by atoms with Crippen LogP contribution in [0.5, 0.6) is 0 Å². The van der Waals surface area contributed by atoms with Gasteiger partial charge in [0.2, 0.25) is 0 Å². The van der Waals surface area contributed by atoms with Crippen LogP contribution in [0.15, 0.2) is 28.7 Å². The summed E-state index contributed by atoms with van der Waals surface area (Å²) < 4.78 is 28.0. The van der Waals surface area contributed by atoms with Crippen LogP contribution in [0.4, 0.5) is 5.13 Å². The molecule has 0 fully saturated rings. The molecule has 2 N–H and O–H groups in total. The molecule has 0 aliphatic carbocycles. The molecule has 0 bridgehead atoms. The number of thiazole rings is 1. The van der Waals surface area contributed by atoms with Gasteiger partial charge in [-0.05, 0) is 12.5 Å². The maximum absolute atomic E-state index is 12.1. The van der Waals surface area contributed by atoms with Gasteiger partial charge in [0.25, 0.3) is 10.0 Å². The third-order valence-electron chi connectivity index (χ3n) is 2.52. The van der Waals surface area contributed by atoms with E-state index in [2.05, 4.69) is 9.71 Å². The van der Waals surface area contributed by atoms with E-state index in [1.807, 2.05) is 6.92 Å².